The van der Waals surface area contributed by atoms with Gasteiger partial charge in [-0.25, -0.2) is 0 Å². The van der Waals surface area contributed by atoms with E-state index in [4.69, 9.17) is 0 Å². The van der Waals surface area contributed by atoms with Gasteiger partial charge in [-0.1, -0.05) is 243 Å². The lowest BCUT2D eigenvalue weighted by Gasteiger charge is -2.28. The molecule has 0 aliphatic rings. The number of nitrogens with zero attached hydrogens (tertiary/aromatic N) is 2. The Balaban J connectivity index is 0.848. The zero-order chi connectivity index (χ0) is 50.6. The van der Waals surface area contributed by atoms with E-state index in [1.807, 2.05) is 0 Å². The van der Waals surface area contributed by atoms with Crippen LogP contribution in [0.4, 0.5) is 34.1 Å². The molecule has 2 heteroatoms. The molecule has 0 aliphatic heterocycles. The molecule has 0 amide bonds. The van der Waals surface area contributed by atoms with Gasteiger partial charge in [-0.15, -0.1) is 0 Å². The number of hydrogen-bond donors (Lipinski definition) is 0. The highest BCUT2D eigenvalue weighted by atomic mass is 15.1. The summed E-state index contributed by atoms with van der Waals surface area (Å²) in [6, 6.07) is 114. The van der Waals surface area contributed by atoms with Crippen molar-refractivity contribution < 1.29 is 0 Å². The first-order valence-corrected chi connectivity index (χ1v) is 26.1. The van der Waals surface area contributed by atoms with Gasteiger partial charge < -0.3 is 9.80 Å². The molecule has 0 aliphatic carbocycles. The summed E-state index contributed by atoms with van der Waals surface area (Å²) in [6.45, 7) is 0. The van der Waals surface area contributed by atoms with E-state index in [1.165, 1.54) is 66.1 Å². The van der Waals surface area contributed by atoms with Gasteiger partial charge in [0, 0.05) is 33.5 Å². The molecule has 13 aromatic rings. The third-order valence-electron chi connectivity index (χ3n) is 14.6. The van der Waals surface area contributed by atoms with E-state index < -0.39 is 0 Å². The monoisotopic (exact) mass is 968 g/mol. The molecule has 0 unspecified atom stereocenters. The van der Waals surface area contributed by atoms with Crippen LogP contribution < -0.4 is 9.80 Å². The maximum atomic E-state index is 2.42. The van der Waals surface area contributed by atoms with E-state index in [0.29, 0.717) is 0 Å². The van der Waals surface area contributed by atoms with Crippen molar-refractivity contribution in [3.63, 3.8) is 0 Å². The van der Waals surface area contributed by atoms with E-state index in [-0.39, 0.29) is 0 Å². The lowest BCUT2D eigenvalue weighted by molar-refractivity contribution is 1.30. The Bertz CT molecular complexity index is 3720. The number of hydrogen-bond acceptors (Lipinski definition) is 2. The quantitative estimate of drug-likeness (QED) is 0.120. The second-order valence-electron chi connectivity index (χ2n) is 19.3. The molecule has 0 saturated heterocycles. The molecule has 0 spiro atoms. The lowest BCUT2D eigenvalue weighted by Crippen LogP contribution is -2.11. The largest absolute Gasteiger partial charge is 0.310 e. The minimum Gasteiger partial charge on any atom is -0.310 e. The molecule has 0 atom stereocenters. The molecule has 0 fully saturated rings. The van der Waals surface area contributed by atoms with Crippen molar-refractivity contribution in [3.05, 3.63) is 315 Å². The fourth-order valence-corrected chi connectivity index (χ4v) is 10.8. The molecule has 0 N–H and O–H groups in total. The normalized spacial score (nSPS) is 11.2. The summed E-state index contributed by atoms with van der Waals surface area (Å²) in [5, 5.41) is 4.79. The van der Waals surface area contributed by atoms with Gasteiger partial charge in [0.2, 0.25) is 0 Å². The Labute approximate surface area is 445 Å². The van der Waals surface area contributed by atoms with Gasteiger partial charge in [-0.05, 0) is 150 Å². The van der Waals surface area contributed by atoms with Crippen molar-refractivity contribution in [2.45, 2.75) is 0 Å². The Morgan fingerprint density at radius 3 is 0.724 bits per heavy atom. The first-order valence-electron chi connectivity index (χ1n) is 26.1. The minimum absolute atomic E-state index is 1.08. The van der Waals surface area contributed by atoms with Crippen molar-refractivity contribution in [1.82, 2.24) is 0 Å². The third kappa shape index (κ3) is 9.21. The van der Waals surface area contributed by atoms with Gasteiger partial charge in [0.15, 0.2) is 0 Å². The molecule has 358 valence electrons. The molecular formula is C74H52N2. The van der Waals surface area contributed by atoms with Crippen LogP contribution in [0.2, 0.25) is 0 Å². The number of fused-ring (bicyclic) bond motifs is 2. The molecule has 2 nitrogen and oxygen atoms in total. The maximum Gasteiger partial charge on any atom is 0.0540 e. The second kappa shape index (κ2) is 20.5. The lowest BCUT2D eigenvalue weighted by atomic mass is 9.96. The summed E-state index contributed by atoms with van der Waals surface area (Å²) < 4.78 is 0. The highest BCUT2D eigenvalue weighted by molar-refractivity contribution is 6.01. The van der Waals surface area contributed by atoms with Crippen LogP contribution in [-0.4, -0.2) is 0 Å². The van der Waals surface area contributed by atoms with Gasteiger partial charge in [-0.2, -0.15) is 0 Å². The molecular weight excluding hydrogens is 917 g/mol. The van der Waals surface area contributed by atoms with Gasteiger partial charge >= 0.3 is 0 Å². The standard InChI is InChI=1S/C74H52N2/c1-5-19-53(20-6-1)63-47-64(54-21-7-2-8-22-54)50-69(49-63)75(73-33-17-29-61-27-13-15-31-71(61)73)67-43-39-59(40-44-67)57-35-37-58(38-36-57)60-41-45-68(46-42-60)76(74-34-18-30-62-28-14-16-32-72(62)74)70-51-65(55-23-9-3-10-24-55)48-66(52-70)56-25-11-4-12-26-56/h1-52H. The summed E-state index contributed by atoms with van der Waals surface area (Å²) in [7, 11) is 0. The van der Waals surface area contributed by atoms with E-state index >= 15 is 0 Å². The van der Waals surface area contributed by atoms with Crippen LogP contribution in [0.3, 0.4) is 0 Å². The van der Waals surface area contributed by atoms with Crippen LogP contribution in [0.1, 0.15) is 0 Å². The van der Waals surface area contributed by atoms with Gasteiger partial charge in [0.25, 0.3) is 0 Å². The van der Waals surface area contributed by atoms with Crippen molar-refractivity contribution >= 4 is 55.7 Å². The predicted molar refractivity (Wildman–Crippen MR) is 323 cm³/mol. The van der Waals surface area contributed by atoms with Crippen molar-refractivity contribution in [2.75, 3.05) is 9.80 Å². The van der Waals surface area contributed by atoms with Gasteiger partial charge in [-0.3, -0.25) is 0 Å². The first-order chi connectivity index (χ1) is 37.7. The van der Waals surface area contributed by atoms with Crippen molar-refractivity contribution in [2.24, 2.45) is 0 Å². The second-order valence-corrected chi connectivity index (χ2v) is 19.3. The molecule has 0 saturated carbocycles. The fraction of sp³-hybridized carbons (Fsp3) is 0. The zero-order valence-electron chi connectivity index (χ0n) is 41.9. The average Bonchev–Trinajstić information content (AvgIpc) is 3.53. The van der Waals surface area contributed by atoms with Crippen molar-refractivity contribution in [3.8, 4) is 66.8 Å². The van der Waals surface area contributed by atoms with E-state index in [2.05, 4.69) is 325 Å². The molecule has 0 heterocycles. The number of benzene rings is 13. The molecule has 13 rings (SSSR count). The van der Waals surface area contributed by atoms with Gasteiger partial charge in [0.1, 0.15) is 0 Å². The minimum atomic E-state index is 1.08. The van der Waals surface area contributed by atoms with E-state index in [9.17, 15) is 0 Å². The summed E-state index contributed by atoms with van der Waals surface area (Å²) >= 11 is 0. The molecule has 0 aromatic heterocycles. The molecule has 0 bridgehead atoms. The summed E-state index contributed by atoms with van der Waals surface area (Å²) in [5.74, 6) is 0. The summed E-state index contributed by atoms with van der Waals surface area (Å²) in [6.07, 6.45) is 0. The zero-order valence-corrected chi connectivity index (χ0v) is 41.9. The van der Waals surface area contributed by atoms with Crippen LogP contribution in [0.5, 0.6) is 0 Å². The Morgan fingerprint density at radius 1 is 0.158 bits per heavy atom. The molecule has 76 heavy (non-hydrogen) atoms. The first kappa shape index (κ1) is 45.8. The van der Waals surface area contributed by atoms with E-state index in [1.54, 1.807) is 0 Å². The van der Waals surface area contributed by atoms with Crippen LogP contribution in [0.25, 0.3) is 88.3 Å². The SMILES string of the molecule is c1ccc(-c2cc(-c3ccccc3)cc(N(c3ccc(-c4ccc(-c5ccc(N(c6cc(-c7ccccc7)cc(-c7ccccc7)c6)c6cccc7ccccc67)cc5)cc4)cc3)c3cccc4ccccc34)c2)cc1. The van der Waals surface area contributed by atoms with Crippen LogP contribution in [0, 0.1) is 0 Å². The van der Waals surface area contributed by atoms with Crippen LogP contribution in [-0.2, 0) is 0 Å². The van der Waals surface area contributed by atoms with Crippen LogP contribution in [0.15, 0.2) is 315 Å². The van der Waals surface area contributed by atoms with Crippen LogP contribution >= 0.6 is 0 Å². The fourth-order valence-electron chi connectivity index (χ4n) is 10.8. The average molecular weight is 969 g/mol. The molecule has 0 radical (unpaired) electrons. The predicted octanol–water partition coefficient (Wildman–Crippen LogP) is 20.9. The highest BCUT2D eigenvalue weighted by Crippen LogP contribution is 2.45. The summed E-state index contributed by atoms with van der Waals surface area (Å²) in [5.41, 5.74) is 20.6. The van der Waals surface area contributed by atoms with Crippen molar-refractivity contribution in [1.29, 1.82) is 0 Å². The Hall–Kier alpha value is -10.0. The summed E-state index contributed by atoms with van der Waals surface area (Å²) in [4.78, 5) is 4.84. The Morgan fingerprint density at radius 2 is 0.408 bits per heavy atom. The molecule has 13 aromatic carbocycles. The topological polar surface area (TPSA) is 6.48 Å². The van der Waals surface area contributed by atoms with Gasteiger partial charge in [0.05, 0.1) is 11.4 Å². The smallest absolute Gasteiger partial charge is 0.0540 e. The number of rotatable bonds is 12. The third-order valence-corrected chi connectivity index (χ3v) is 14.6. The maximum absolute atomic E-state index is 2.42. The Kier molecular flexibility index (Phi) is 12.3. The number of anilines is 6. The van der Waals surface area contributed by atoms with E-state index in [0.717, 1.165) is 56.4 Å². The highest BCUT2D eigenvalue weighted by Gasteiger charge is 2.20.